The van der Waals surface area contributed by atoms with Crippen LogP contribution in [0.4, 0.5) is 0 Å². The van der Waals surface area contributed by atoms with E-state index in [1.54, 1.807) is 17.1 Å². The van der Waals surface area contributed by atoms with Gasteiger partial charge in [-0.2, -0.15) is 0 Å². The molecule has 0 saturated carbocycles. The van der Waals surface area contributed by atoms with Crippen LogP contribution in [0.15, 0.2) is 24.3 Å². The van der Waals surface area contributed by atoms with Gasteiger partial charge >= 0.3 is 0 Å². The number of amides is 1. The molecule has 2 N–H and O–H groups in total. The Balaban J connectivity index is 1.86. The van der Waals surface area contributed by atoms with Gasteiger partial charge < -0.3 is 5.11 Å². The zero-order chi connectivity index (χ0) is 11.4. The fourth-order valence-corrected chi connectivity index (χ4v) is 1.78. The molecule has 1 heterocycles. The van der Waals surface area contributed by atoms with Crippen molar-refractivity contribution in [2.24, 2.45) is 0 Å². The molecule has 1 amide bonds. The summed E-state index contributed by atoms with van der Waals surface area (Å²) in [7, 11) is 0. The van der Waals surface area contributed by atoms with E-state index in [-0.39, 0.29) is 11.7 Å². The summed E-state index contributed by atoms with van der Waals surface area (Å²) in [6.45, 7) is 1.56. The highest BCUT2D eigenvalue weighted by Gasteiger charge is 2.16. The van der Waals surface area contributed by atoms with E-state index in [2.05, 4.69) is 5.43 Å². The number of aromatic hydroxyl groups is 1. The second kappa shape index (κ2) is 4.99. The molecule has 86 valence electrons. The Morgan fingerprint density at radius 3 is 2.75 bits per heavy atom. The van der Waals surface area contributed by atoms with Crippen molar-refractivity contribution in [1.29, 1.82) is 0 Å². The normalized spacial score (nSPS) is 16.5. The Bertz CT molecular complexity index is 362. The van der Waals surface area contributed by atoms with E-state index in [1.165, 1.54) is 0 Å². The second-order valence-corrected chi connectivity index (χ2v) is 3.97. The Morgan fingerprint density at radius 2 is 2.06 bits per heavy atom. The third-order valence-electron chi connectivity index (χ3n) is 2.73. The number of carbonyl (C=O) groups is 1. The van der Waals surface area contributed by atoms with Gasteiger partial charge in [-0.25, -0.2) is 5.43 Å². The number of rotatable bonds is 3. The molecular formula is C12H16N2O2. The van der Waals surface area contributed by atoms with E-state index in [0.717, 1.165) is 24.9 Å². The van der Waals surface area contributed by atoms with Crippen LogP contribution >= 0.6 is 0 Å². The van der Waals surface area contributed by atoms with Crippen molar-refractivity contribution in [3.63, 3.8) is 0 Å². The zero-order valence-corrected chi connectivity index (χ0v) is 9.15. The van der Waals surface area contributed by atoms with Crippen LogP contribution in [-0.4, -0.2) is 29.1 Å². The SMILES string of the molecule is O=C1CCCNN1CCc1ccc(O)cc1. The maximum Gasteiger partial charge on any atom is 0.236 e. The summed E-state index contributed by atoms with van der Waals surface area (Å²) in [5, 5.41) is 10.8. The molecular weight excluding hydrogens is 204 g/mol. The van der Waals surface area contributed by atoms with E-state index in [0.29, 0.717) is 13.0 Å². The molecule has 1 saturated heterocycles. The third kappa shape index (κ3) is 2.73. The lowest BCUT2D eigenvalue weighted by atomic mass is 10.1. The molecule has 0 bridgehead atoms. The molecule has 4 heteroatoms. The van der Waals surface area contributed by atoms with Crippen molar-refractivity contribution in [2.45, 2.75) is 19.3 Å². The van der Waals surface area contributed by atoms with E-state index in [1.807, 2.05) is 12.1 Å². The Morgan fingerprint density at radius 1 is 1.31 bits per heavy atom. The van der Waals surface area contributed by atoms with E-state index in [4.69, 9.17) is 5.11 Å². The van der Waals surface area contributed by atoms with Crippen molar-refractivity contribution < 1.29 is 9.90 Å². The predicted octanol–water partition coefficient (Wildman–Crippen LogP) is 1.06. The molecule has 16 heavy (non-hydrogen) atoms. The summed E-state index contributed by atoms with van der Waals surface area (Å²) < 4.78 is 0. The molecule has 0 atom stereocenters. The highest BCUT2D eigenvalue weighted by atomic mass is 16.3. The topological polar surface area (TPSA) is 52.6 Å². The average Bonchev–Trinajstić information content (AvgIpc) is 2.30. The zero-order valence-electron chi connectivity index (χ0n) is 9.15. The number of nitrogens with one attached hydrogen (secondary N) is 1. The molecule has 2 rings (SSSR count). The molecule has 1 aliphatic rings. The van der Waals surface area contributed by atoms with E-state index >= 15 is 0 Å². The largest absolute Gasteiger partial charge is 0.508 e. The smallest absolute Gasteiger partial charge is 0.236 e. The van der Waals surface area contributed by atoms with Crippen LogP contribution < -0.4 is 5.43 Å². The van der Waals surface area contributed by atoms with Crippen molar-refractivity contribution in [1.82, 2.24) is 10.4 Å². The van der Waals surface area contributed by atoms with Crippen molar-refractivity contribution in [2.75, 3.05) is 13.1 Å². The molecule has 0 radical (unpaired) electrons. The van der Waals surface area contributed by atoms with Gasteiger partial charge in [-0.3, -0.25) is 9.80 Å². The van der Waals surface area contributed by atoms with Crippen LogP contribution in [0.2, 0.25) is 0 Å². The lowest BCUT2D eigenvalue weighted by molar-refractivity contribution is -0.136. The predicted molar refractivity (Wildman–Crippen MR) is 60.8 cm³/mol. The second-order valence-electron chi connectivity index (χ2n) is 3.97. The van der Waals surface area contributed by atoms with Crippen LogP contribution in [0, 0.1) is 0 Å². The summed E-state index contributed by atoms with van der Waals surface area (Å²) in [6.07, 6.45) is 2.37. The number of carbonyl (C=O) groups excluding carboxylic acids is 1. The van der Waals surface area contributed by atoms with Gasteiger partial charge in [0.2, 0.25) is 5.91 Å². The fraction of sp³-hybridized carbons (Fsp3) is 0.417. The lowest BCUT2D eigenvalue weighted by Crippen LogP contribution is -2.47. The van der Waals surface area contributed by atoms with E-state index in [9.17, 15) is 4.79 Å². The lowest BCUT2D eigenvalue weighted by Gasteiger charge is -2.27. The highest BCUT2D eigenvalue weighted by molar-refractivity contribution is 5.76. The van der Waals surface area contributed by atoms with Crippen LogP contribution in [-0.2, 0) is 11.2 Å². The standard InChI is InChI=1S/C12H16N2O2/c15-11-5-3-10(4-6-11)7-9-14-12(16)2-1-8-13-14/h3-6,13,15H,1-2,7-9H2. The summed E-state index contributed by atoms with van der Waals surface area (Å²) >= 11 is 0. The van der Waals surface area contributed by atoms with Crippen molar-refractivity contribution >= 4 is 5.91 Å². The minimum atomic E-state index is 0.171. The van der Waals surface area contributed by atoms with Gasteiger partial charge in [0.1, 0.15) is 5.75 Å². The number of phenols is 1. The minimum absolute atomic E-state index is 0.171. The van der Waals surface area contributed by atoms with Crippen LogP contribution in [0.3, 0.4) is 0 Å². The number of hydrazine groups is 1. The minimum Gasteiger partial charge on any atom is -0.508 e. The number of hydrogen-bond acceptors (Lipinski definition) is 3. The molecule has 0 aliphatic carbocycles. The molecule has 0 spiro atoms. The van der Waals surface area contributed by atoms with Gasteiger partial charge in [-0.05, 0) is 30.5 Å². The van der Waals surface area contributed by atoms with Crippen molar-refractivity contribution in [3.05, 3.63) is 29.8 Å². The Kier molecular flexibility index (Phi) is 3.41. The third-order valence-corrected chi connectivity index (χ3v) is 2.73. The molecule has 1 aromatic carbocycles. The van der Waals surface area contributed by atoms with Gasteiger partial charge in [0.25, 0.3) is 0 Å². The van der Waals surface area contributed by atoms with Gasteiger partial charge in [-0.15, -0.1) is 0 Å². The first-order chi connectivity index (χ1) is 7.75. The maximum atomic E-state index is 11.5. The van der Waals surface area contributed by atoms with Gasteiger partial charge in [0.15, 0.2) is 0 Å². The first kappa shape index (κ1) is 11.0. The van der Waals surface area contributed by atoms with E-state index < -0.39 is 0 Å². The summed E-state index contributed by atoms with van der Waals surface area (Å²) in [5.74, 6) is 0.445. The number of hydrogen-bond donors (Lipinski definition) is 2. The number of nitrogens with zero attached hydrogens (tertiary/aromatic N) is 1. The molecule has 4 nitrogen and oxygen atoms in total. The summed E-state index contributed by atoms with van der Waals surface area (Å²) in [4.78, 5) is 11.5. The summed E-state index contributed by atoms with van der Waals surface area (Å²) in [6, 6.07) is 7.09. The molecule has 1 fully saturated rings. The average molecular weight is 220 g/mol. The number of benzene rings is 1. The molecule has 1 aliphatic heterocycles. The quantitative estimate of drug-likeness (QED) is 0.801. The van der Waals surface area contributed by atoms with Crippen LogP contribution in [0.25, 0.3) is 0 Å². The Hall–Kier alpha value is -1.55. The molecule has 1 aromatic rings. The van der Waals surface area contributed by atoms with Crippen LogP contribution in [0.5, 0.6) is 5.75 Å². The maximum absolute atomic E-state index is 11.5. The first-order valence-electron chi connectivity index (χ1n) is 5.57. The summed E-state index contributed by atoms with van der Waals surface area (Å²) in [5.41, 5.74) is 4.21. The van der Waals surface area contributed by atoms with Gasteiger partial charge in [-0.1, -0.05) is 12.1 Å². The molecule has 0 aromatic heterocycles. The Labute approximate surface area is 94.9 Å². The highest BCUT2D eigenvalue weighted by Crippen LogP contribution is 2.11. The van der Waals surface area contributed by atoms with Gasteiger partial charge in [0.05, 0.1) is 0 Å². The molecule has 0 unspecified atom stereocenters. The van der Waals surface area contributed by atoms with Gasteiger partial charge in [0, 0.05) is 19.5 Å². The monoisotopic (exact) mass is 220 g/mol. The number of phenolic OH excluding ortho intramolecular Hbond substituents is 1. The van der Waals surface area contributed by atoms with Crippen LogP contribution in [0.1, 0.15) is 18.4 Å². The fourth-order valence-electron chi connectivity index (χ4n) is 1.78. The van der Waals surface area contributed by atoms with Crippen molar-refractivity contribution in [3.8, 4) is 5.75 Å². The first-order valence-corrected chi connectivity index (χ1v) is 5.57.